The second-order valence-electron chi connectivity index (χ2n) is 6.28. The number of aliphatic hydroxyl groups excluding tert-OH is 1. The molecule has 4 nitrogen and oxygen atoms in total. The van der Waals surface area contributed by atoms with Gasteiger partial charge in [-0.1, -0.05) is 12.1 Å². The molecule has 2 unspecified atom stereocenters. The van der Waals surface area contributed by atoms with Crippen molar-refractivity contribution in [2.75, 3.05) is 6.54 Å². The third-order valence-corrected chi connectivity index (χ3v) is 4.58. The highest BCUT2D eigenvalue weighted by Gasteiger charge is 2.30. The highest BCUT2D eigenvalue weighted by atomic mass is 19.1. The lowest BCUT2D eigenvalue weighted by Crippen LogP contribution is -2.36. The monoisotopic (exact) mass is 331 g/mol. The first-order valence-corrected chi connectivity index (χ1v) is 8.39. The molecule has 0 bridgehead atoms. The van der Waals surface area contributed by atoms with E-state index in [0.717, 1.165) is 24.9 Å². The predicted molar refractivity (Wildman–Crippen MR) is 87.7 cm³/mol. The molecule has 2 aromatic rings. The Balaban J connectivity index is 1.55. The fourth-order valence-corrected chi connectivity index (χ4v) is 3.35. The summed E-state index contributed by atoms with van der Waals surface area (Å²) in [5.41, 5.74) is 0.828. The Bertz CT molecular complexity index is 671. The number of likely N-dealkylation sites (tertiary alicyclic amines) is 1. The molecule has 1 amide bonds. The molecule has 0 radical (unpaired) electrons. The van der Waals surface area contributed by atoms with E-state index in [1.54, 1.807) is 18.2 Å². The third-order valence-electron chi connectivity index (χ3n) is 4.58. The summed E-state index contributed by atoms with van der Waals surface area (Å²) in [5, 5.41) is 10.2. The number of hydrogen-bond acceptors (Lipinski definition) is 3. The van der Waals surface area contributed by atoms with E-state index in [1.165, 1.54) is 18.4 Å². The quantitative estimate of drug-likeness (QED) is 0.882. The van der Waals surface area contributed by atoms with Gasteiger partial charge in [0.2, 0.25) is 5.91 Å². The topological polar surface area (TPSA) is 53.7 Å². The zero-order valence-electron chi connectivity index (χ0n) is 13.5. The van der Waals surface area contributed by atoms with Crippen LogP contribution in [0.25, 0.3) is 0 Å². The molecule has 0 aliphatic carbocycles. The molecule has 1 aromatic heterocycles. The smallest absolute Gasteiger partial charge is 0.223 e. The Hall–Kier alpha value is -2.14. The maximum atomic E-state index is 13.2. The summed E-state index contributed by atoms with van der Waals surface area (Å²) < 4.78 is 18.4. The maximum absolute atomic E-state index is 13.2. The van der Waals surface area contributed by atoms with E-state index in [4.69, 9.17) is 4.42 Å². The first kappa shape index (κ1) is 16.7. The molecule has 0 saturated carbocycles. The van der Waals surface area contributed by atoms with Gasteiger partial charge in [-0.15, -0.1) is 0 Å². The van der Waals surface area contributed by atoms with Crippen molar-refractivity contribution in [2.24, 2.45) is 0 Å². The van der Waals surface area contributed by atoms with E-state index in [-0.39, 0.29) is 17.8 Å². The number of benzene rings is 1. The molecule has 2 heterocycles. The number of carbonyl (C=O) groups excluding carboxylic acids is 1. The fourth-order valence-electron chi connectivity index (χ4n) is 3.35. The number of aliphatic hydroxyl groups is 1. The lowest BCUT2D eigenvalue weighted by Gasteiger charge is -2.26. The van der Waals surface area contributed by atoms with Gasteiger partial charge in [-0.05, 0) is 49.1 Å². The van der Waals surface area contributed by atoms with Crippen LogP contribution >= 0.6 is 0 Å². The maximum Gasteiger partial charge on any atom is 0.223 e. The van der Waals surface area contributed by atoms with Gasteiger partial charge in [0.05, 0.1) is 6.26 Å². The normalized spacial score (nSPS) is 18.8. The average molecular weight is 331 g/mol. The van der Waals surface area contributed by atoms with Crippen LogP contribution in [0.2, 0.25) is 0 Å². The number of hydrogen-bond donors (Lipinski definition) is 1. The molecule has 1 saturated heterocycles. The number of aryl methyl sites for hydroxylation is 1. The third kappa shape index (κ3) is 4.03. The van der Waals surface area contributed by atoms with Gasteiger partial charge >= 0.3 is 0 Å². The molecular weight excluding hydrogens is 309 g/mol. The van der Waals surface area contributed by atoms with Crippen molar-refractivity contribution in [3.8, 4) is 0 Å². The number of halogens is 1. The van der Waals surface area contributed by atoms with Crippen LogP contribution in [0.4, 0.5) is 4.39 Å². The van der Waals surface area contributed by atoms with Gasteiger partial charge in [-0.2, -0.15) is 0 Å². The Morgan fingerprint density at radius 1 is 1.38 bits per heavy atom. The molecule has 24 heavy (non-hydrogen) atoms. The predicted octanol–water partition coefficient (Wildman–Crippen LogP) is 3.47. The van der Waals surface area contributed by atoms with Crippen LogP contribution in [0.3, 0.4) is 0 Å². The van der Waals surface area contributed by atoms with E-state index >= 15 is 0 Å². The highest BCUT2D eigenvalue weighted by Crippen LogP contribution is 2.28. The van der Waals surface area contributed by atoms with Gasteiger partial charge in [0.15, 0.2) is 0 Å². The number of furan rings is 1. The number of nitrogens with zero attached hydrogens (tertiary/aromatic N) is 1. The van der Waals surface area contributed by atoms with Gasteiger partial charge < -0.3 is 14.4 Å². The SMILES string of the molecule is O=C(CCc1cccc(F)c1)N1CCCC1CC(O)c1ccco1. The summed E-state index contributed by atoms with van der Waals surface area (Å²) in [4.78, 5) is 14.4. The van der Waals surface area contributed by atoms with Crippen molar-refractivity contribution in [1.29, 1.82) is 0 Å². The molecule has 5 heteroatoms. The summed E-state index contributed by atoms with van der Waals surface area (Å²) in [6.07, 6.45) is 4.05. The van der Waals surface area contributed by atoms with Crippen LogP contribution in [0, 0.1) is 5.82 Å². The average Bonchev–Trinajstić information content (AvgIpc) is 3.24. The van der Waals surface area contributed by atoms with Crippen molar-refractivity contribution in [2.45, 2.75) is 44.2 Å². The van der Waals surface area contributed by atoms with Crippen LogP contribution < -0.4 is 0 Å². The Morgan fingerprint density at radius 3 is 3.00 bits per heavy atom. The van der Waals surface area contributed by atoms with Crippen LogP contribution in [0.15, 0.2) is 47.1 Å². The molecule has 1 aliphatic heterocycles. The Labute approximate surface area is 140 Å². The molecule has 2 atom stereocenters. The second-order valence-corrected chi connectivity index (χ2v) is 6.28. The number of carbonyl (C=O) groups is 1. The second kappa shape index (κ2) is 7.62. The molecule has 128 valence electrons. The van der Waals surface area contributed by atoms with Crippen molar-refractivity contribution in [3.05, 3.63) is 59.8 Å². The van der Waals surface area contributed by atoms with Crippen molar-refractivity contribution in [3.63, 3.8) is 0 Å². The summed E-state index contributed by atoms with van der Waals surface area (Å²) >= 11 is 0. The molecule has 3 rings (SSSR count). The van der Waals surface area contributed by atoms with Crippen LogP contribution in [-0.4, -0.2) is 28.5 Å². The van der Waals surface area contributed by atoms with Crippen LogP contribution in [-0.2, 0) is 11.2 Å². The molecule has 1 aliphatic rings. The summed E-state index contributed by atoms with van der Waals surface area (Å²) in [5.74, 6) is 0.322. The lowest BCUT2D eigenvalue weighted by atomic mass is 10.0. The molecule has 0 spiro atoms. The zero-order chi connectivity index (χ0) is 16.9. The van der Waals surface area contributed by atoms with Gasteiger partial charge in [0.1, 0.15) is 17.7 Å². The fraction of sp³-hybridized carbons (Fsp3) is 0.421. The van der Waals surface area contributed by atoms with Gasteiger partial charge in [-0.3, -0.25) is 4.79 Å². The first-order chi connectivity index (χ1) is 11.6. The van der Waals surface area contributed by atoms with Gasteiger partial charge in [-0.25, -0.2) is 4.39 Å². The zero-order valence-corrected chi connectivity index (χ0v) is 13.5. The van der Waals surface area contributed by atoms with Crippen molar-refractivity contribution >= 4 is 5.91 Å². The summed E-state index contributed by atoms with van der Waals surface area (Å²) in [7, 11) is 0. The summed E-state index contributed by atoms with van der Waals surface area (Å²) in [6.45, 7) is 0.720. The lowest BCUT2D eigenvalue weighted by molar-refractivity contribution is -0.132. The molecular formula is C19H22FNO3. The minimum absolute atomic E-state index is 0.0325. The minimum atomic E-state index is -0.693. The molecule has 1 fully saturated rings. The summed E-state index contributed by atoms with van der Waals surface area (Å²) in [6, 6.07) is 9.88. The number of amides is 1. The van der Waals surface area contributed by atoms with Gasteiger partial charge in [0, 0.05) is 25.4 Å². The van der Waals surface area contributed by atoms with Gasteiger partial charge in [0.25, 0.3) is 0 Å². The van der Waals surface area contributed by atoms with E-state index in [0.29, 0.717) is 25.0 Å². The minimum Gasteiger partial charge on any atom is -0.467 e. The van der Waals surface area contributed by atoms with Crippen molar-refractivity contribution < 1.29 is 18.7 Å². The Kier molecular flexibility index (Phi) is 5.30. The van der Waals surface area contributed by atoms with Crippen molar-refractivity contribution in [1.82, 2.24) is 4.90 Å². The number of rotatable bonds is 6. The van der Waals surface area contributed by atoms with Crippen LogP contribution in [0.5, 0.6) is 0 Å². The Morgan fingerprint density at radius 2 is 2.25 bits per heavy atom. The largest absolute Gasteiger partial charge is 0.467 e. The first-order valence-electron chi connectivity index (χ1n) is 8.39. The van der Waals surface area contributed by atoms with E-state index < -0.39 is 6.10 Å². The van der Waals surface area contributed by atoms with E-state index in [1.807, 2.05) is 11.0 Å². The molecule has 1 aromatic carbocycles. The van der Waals surface area contributed by atoms with E-state index in [2.05, 4.69) is 0 Å². The molecule has 1 N–H and O–H groups in total. The van der Waals surface area contributed by atoms with Crippen LogP contribution in [0.1, 0.15) is 43.1 Å². The highest BCUT2D eigenvalue weighted by molar-refractivity contribution is 5.77. The van der Waals surface area contributed by atoms with E-state index in [9.17, 15) is 14.3 Å². The standard InChI is InChI=1S/C19H22FNO3/c20-15-5-1-4-14(12-15)8-9-19(23)21-10-2-6-16(21)13-17(22)18-7-3-11-24-18/h1,3-5,7,11-12,16-17,22H,2,6,8-10,13H2.